The average Bonchev–Trinajstić information content (AvgIpc) is 3.07. The van der Waals surface area contributed by atoms with E-state index in [1.807, 2.05) is 21.1 Å². The molecule has 314 valence electrons. The van der Waals surface area contributed by atoms with Gasteiger partial charge in [-0.1, -0.05) is 219 Å². The van der Waals surface area contributed by atoms with Crippen LogP contribution in [-0.2, 0) is 9.09 Å². The number of hydrogen-bond donors (Lipinski definition) is 4. The molecule has 0 radical (unpaired) electrons. The lowest BCUT2D eigenvalue weighted by molar-refractivity contribution is -0.873. The van der Waals surface area contributed by atoms with E-state index in [0.29, 0.717) is 23.9 Å². The summed E-state index contributed by atoms with van der Waals surface area (Å²) >= 11 is 0. The molecule has 7 nitrogen and oxygen atoms in total. The molecule has 0 heterocycles. The Hall–Kier alpha value is -0.0100. The van der Waals surface area contributed by atoms with E-state index in [-0.39, 0.29) is 0 Å². The van der Waals surface area contributed by atoms with Crippen molar-refractivity contribution in [1.29, 1.82) is 0 Å². The lowest BCUT2D eigenvalue weighted by atomic mass is 9.76. The normalized spacial score (nSPS) is 14.9. The third kappa shape index (κ3) is 33.3. The fraction of sp³-hybridized carbons (Fsp3) is 1.00. The zero-order valence-corrected chi connectivity index (χ0v) is 36.5. The van der Waals surface area contributed by atoms with Gasteiger partial charge in [0, 0.05) is 5.92 Å². The summed E-state index contributed by atoms with van der Waals surface area (Å²) in [4.78, 5) is 19.7. The largest absolute Gasteiger partial charge is 0.470 e. The van der Waals surface area contributed by atoms with E-state index < -0.39 is 32.1 Å². The first-order valence-corrected chi connectivity index (χ1v) is 24.3. The van der Waals surface area contributed by atoms with E-state index in [1.54, 1.807) is 0 Å². The van der Waals surface area contributed by atoms with Crippen LogP contribution in [0.3, 0.4) is 0 Å². The van der Waals surface area contributed by atoms with Crippen LogP contribution in [0.4, 0.5) is 0 Å². The van der Waals surface area contributed by atoms with Crippen molar-refractivity contribution in [2.75, 3.05) is 34.3 Å². The topological polar surface area (TPSA) is 107 Å². The van der Waals surface area contributed by atoms with Gasteiger partial charge in [-0.05, 0) is 12.8 Å². The maximum absolute atomic E-state index is 12.1. The second-order valence-corrected chi connectivity index (χ2v) is 18.8. The van der Waals surface area contributed by atoms with E-state index in [1.165, 1.54) is 167 Å². The molecule has 0 saturated heterocycles. The monoisotopic (exact) mass is 763 g/mol. The molecule has 0 aromatic heterocycles. The Morgan fingerprint density at radius 1 is 0.519 bits per heavy atom. The van der Waals surface area contributed by atoms with Gasteiger partial charge in [-0.25, -0.2) is 4.57 Å². The van der Waals surface area contributed by atoms with Gasteiger partial charge in [-0.3, -0.25) is 4.52 Å². The zero-order valence-electron chi connectivity index (χ0n) is 35.6. The Balaban J connectivity index is 4.62. The van der Waals surface area contributed by atoms with Crippen LogP contribution < -0.4 is 0 Å². The number of phosphoric ester groups is 1. The summed E-state index contributed by atoms with van der Waals surface area (Å²) in [5.74, 6) is -0.550. The molecule has 52 heavy (non-hydrogen) atoms. The average molecular weight is 763 g/mol. The number of rotatable bonds is 41. The minimum atomic E-state index is -4.78. The number of nitrogens with zero attached hydrogens (tertiary/aromatic N) is 1. The quantitative estimate of drug-likeness (QED) is 0.0281. The maximum atomic E-state index is 12.1. The number of quaternary nitrogens is 1. The van der Waals surface area contributed by atoms with Crippen molar-refractivity contribution in [3.05, 3.63) is 0 Å². The van der Waals surface area contributed by atoms with E-state index in [4.69, 9.17) is 4.52 Å². The Morgan fingerprint density at radius 3 is 1.08 bits per heavy atom. The maximum Gasteiger partial charge on any atom is 0.470 e. The molecule has 0 bridgehead atoms. The van der Waals surface area contributed by atoms with Crippen molar-refractivity contribution in [2.24, 2.45) is 5.92 Å². The van der Waals surface area contributed by atoms with E-state index in [0.717, 1.165) is 38.5 Å². The molecular formula is C44H93NO6P+. The van der Waals surface area contributed by atoms with Crippen LogP contribution in [0, 0.1) is 5.92 Å². The van der Waals surface area contributed by atoms with Gasteiger partial charge in [0.25, 0.3) is 0 Å². The molecule has 0 aromatic carbocycles. The second-order valence-electron chi connectivity index (χ2n) is 17.6. The highest BCUT2D eigenvalue weighted by molar-refractivity contribution is 7.46. The van der Waals surface area contributed by atoms with Crippen molar-refractivity contribution in [2.45, 2.75) is 244 Å². The predicted molar refractivity (Wildman–Crippen MR) is 224 cm³/mol. The standard InChI is InChI=1S/C44H92NO6P/c1-6-8-10-12-14-16-18-20-22-24-26-28-30-32-34-36-38-42(43(40-45(3,4)5)51-52(48,49)50)44(47,41-46)39-37-35-33-31-29-27-25-23-21-19-17-15-13-11-9-7-2/h42-43,46-47H,6-41H2,1-5H3,(H-,48,49,50)/p+1. The minimum absolute atomic E-state index is 0.343. The fourth-order valence-corrected chi connectivity index (χ4v) is 8.59. The lowest BCUT2D eigenvalue weighted by Crippen LogP contribution is -2.53. The molecule has 8 heteroatoms. The van der Waals surface area contributed by atoms with Crippen LogP contribution in [0.5, 0.6) is 0 Å². The van der Waals surface area contributed by atoms with Gasteiger partial charge in [0.05, 0.1) is 33.4 Å². The number of aliphatic hydroxyl groups excluding tert-OH is 1. The molecule has 0 aliphatic rings. The lowest BCUT2D eigenvalue weighted by Gasteiger charge is -2.41. The van der Waals surface area contributed by atoms with Gasteiger partial charge in [0.2, 0.25) is 0 Å². The van der Waals surface area contributed by atoms with Gasteiger partial charge >= 0.3 is 7.82 Å². The molecule has 0 aromatic rings. The minimum Gasteiger partial charge on any atom is -0.393 e. The molecule has 3 atom stereocenters. The summed E-state index contributed by atoms with van der Waals surface area (Å²) in [7, 11) is 1.12. The number of phosphoric acid groups is 1. The highest BCUT2D eigenvalue weighted by Gasteiger charge is 2.45. The summed E-state index contributed by atoms with van der Waals surface area (Å²) in [5.41, 5.74) is -1.43. The summed E-state index contributed by atoms with van der Waals surface area (Å²) < 4.78 is 18.0. The first kappa shape index (κ1) is 52.0. The molecule has 4 N–H and O–H groups in total. The van der Waals surface area contributed by atoms with Crippen molar-refractivity contribution < 1.29 is 33.6 Å². The van der Waals surface area contributed by atoms with Gasteiger partial charge in [0.1, 0.15) is 12.6 Å². The Kier molecular flexibility index (Phi) is 34.2. The Labute approximate surface area is 324 Å². The molecular weight excluding hydrogens is 669 g/mol. The van der Waals surface area contributed by atoms with Crippen LogP contribution in [0.25, 0.3) is 0 Å². The van der Waals surface area contributed by atoms with Crippen molar-refractivity contribution in [1.82, 2.24) is 0 Å². The predicted octanol–water partition coefficient (Wildman–Crippen LogP) is 12.8. The molecule has 0 fully saturated rings. The molecule has 0 aliphatic heterocycles. The number of likely N-dealkylation sites (N-methyl/N-ethyl adjacent to an activating group) is 1. The summed E-state index contributed by atoms with van der Waals surface area (Å²) in [6.45, 7) is 4.46. The highest BCUT2D eigenvalue weighted by atomic mass is 31.2. The number of hydrogen-bond acceptors (Lipinski definition) is 4. The van der Waals surface area contributed by atoms with Crippen molar-refractivity contribution in [3.8, 4) is 0 Å². The number of unbranched alkanes of at least 4 members (excludes halogenated alkanes) is 30. The van der Waals surface area contributed by atoms with Crippen molar-refractivity contribution in [3.63, 3.8) is 0 Å². The van der Waals surface area contributed by atoms with Gasteiger partial charge in [-0.15, -0.1) is 0 Å². The van der Waals surface area contributed by atoms with E-state index in [2.05, 4.69) is 13.8 Å². The van der Waals surface area contributed by atoms with Crippen molar-refractivity contribution >= 4 is 7.82 Å². The Morgan fingerprint density at radius 2 is 0.808 bits per heavy atom. The van der Waals surface area contributed by atoms with Gasteiger partial charge in [0.15, 0.2) is 0 Å². The molecule has 0 spiro atoms. The smallest absolute Gasteiger partial charge is 0.393 e. The molecule has 0 rings (SSSR count). The molecule has 3 unspecified atom stereocenters. The molecule has 0 amide bonds. The Bertz CT molecular complexity index is 802. The SMILES string of the molecule is CCCCCCCCCCCCCCCCCCC(C(C[N+](C)(C)C)OP(=O)(O)O)C(O)(CO)CCCCCCCCCCCCCCCCCC. The summed E-state index contributed by atoms with van der Waals surface area (Å²) in [6, 6.07) is 0. The summed E-state index contributed by atoms with van der Waals surface area (Å²) in [5, 5.41) is 22.5. The number of aliphatic hydroxyl groups is 2. The van der Waals surface area contributed by atoms with E-state index >= 15 is 0 Å². The van der Waals surface area contributed by atoms with Crippen LogP contribution in [0.15, 0.2) is 0 Å². The third-order valence-corrected chi connectivity index (χ3v) is 11.8. The van der Waals surface area contributed by atoms with Gasteiger partial charge in [-0.2, -0.15) is 0 Å². The summed E-state index contributed by atoms with van der Waals surface area (Å²) in [6.07, 6.45) is 41.0. The fourth-order valence-electron chi connectivity index (χ4n) is 8.02. The molecule has 0 aliphatic carbocycles. The highest BCUT2D eigenvalue weighted by Crippen LogP contribution is 2.43. The first-order valence-electron chi connectivity index (χ1n) is 22.8. The van der Waals surface area contributed by atoms with Crippen LogP contribution >= 0.6 is 7.82 Å². The van der Waals surface area contributed by atoms with E-state index in [9.17, 15) is 24.6 Å². The second kappa shape index (κ2) is 34.3. The van der Waals surface area contributed by atoms with Crippen LogP contribution in [0.2, 0.25) is 0 Å². The van der Waals surface area contributed by atoms with Crippen LogP contribution in [0.1, 0.15) is 232 Å². The van der Waals surface area contributed by atoms with Crippen LogP contribution in [-0.4, -0.2) is 70.5 Å². The molecule has 0 saturated carbocycles. The third-order valence-electron chi connectivity index (χ3n) is 11.2. The van der Waals surface area contributed by atoms with Gasteiger partial charge < -0.3 is 24.5 Å². The first-order chi connectivity index (χ1) is 24.9. The zero-order chi connectivity index (χ0) is 38.8.